The number of likely N-dealkylation sites (N-methyl/N-ethyl adjacent to an activating group) is 1. The van der Waals surface area contributed by atoms with E-state index >= 15 is 0 Å². The van der Waals surface area contributed by atoms with Gasteiger partial charge in [-0.25, -0.2) is 0 Å². The molecule has 0 aliphatic rings. The van der Waals surface area contributed by atoms with Crippen LogP contribution >= 0.6 is 0 Å². The van der Waals surface area contributed by atoms with Gasteiger partial charge in [-0.3, -0.25) is 0 Å². The molecule has 0 saturated carbocycles. The zero-order valence-corrected chi connectivity index (χ0v) is 9.45. The standard InChI is InChI=1S/C11H21N3/c1-4-13(2)8-6-12-9-11-5-7-14(3)10-11/h5,7,10,12H,4,6,8-9H2,1-3H3. The van der Waals surface area contributed by atoms with Gasteiger partial charge in [-0.15, -0.1) is 0 Å². The van der Waals surface area contributed by atoms with E-state index in [-0.39, 0.29) is 0 Å². The molecule has 14 heavy (non-hydrogen) atoms. The summed E-state index contributed by atoms with van der Waals surface area (Å²) in [6.45, 7) is 6.44. The Labute approximate surface area is 86.7 Å². The second-order valence-corrected chi connectivity index (χ2v) is 3.76. The molecule has 80 valence electrons. The van der Waals surface area contributed by atoms with E-state index in [1.165, 1.54) is 5.56 Å². The van der Waals surface area contributed by atoms with Crippen LogP contribution in [0.3, 0.4) is 0 Å². The van der Waals surface area contributed by atoms with Crippen molar-refractivity contribution in [1.82, 2.24) is 14.8 Å². The summed E-state index contributed by atoms with van der Waals surface area (Å²) < 4.78 is 2.08. The average Bonchev–Trinajstić information content (AvgIpc) is 2.58. The fraction of sp³-hybridized carbons (Fsp3) is 0.636. The van der Waals surface area contributed by atoms with Crippen LogP contribution in [0, 0.1) is 0 Å². The van der Waals surface area contributed by atoms with Crippen LogP contribution in [0.4, 0.5) is 0 Å². The Morgan fingerprint density at radius 1 is 1.50 bits per heavy atom. The van der Waals surface area contributed by atoms with E-state index in [2.05, 4.69) is 47.2 Å². The van der Waals surface area contributed by atoms with E-state index in [1.807, 2.05) is 7.05 Å². The Morgan fingerprint density at radius 3 is 2.86 bits per heavy atom. The minimum absolute atomic E-state index is 0.971. The Bertz CT molecular complexity index is 255. The second kappa shape index (κ2) is 5.83. The van der Waals surface area contributed by atoms with Crippen molar-refractivity contribution in [2.75, 3.05) is 26.7 Å². The number of aromatic nitrogens is 1. The predicted octanol–water partition coefficient (Wildman–Crippen LogP) is 1.07. The molecule has 1 rings (SSSR count). The summed E-state index contributed by atoms with van der Waals surface area (Å²) in [6.07, 6.45) is 4.23. The molecule has 1 N–H and O–H groups in total. The van der Waals surface area contributed by atoms with Crippen LogP contribution in [-0.2, 0) is 13.6 Å². The number of nitrogens with one attached hydrogen (secondary N) is 1. The van der Waals surface area contributed by atoms with E-state index in [0.717, 1.165) is 26.2 Å². The summed E-state index contributed by atoms with van der Waals surface area (Å²) in [5, 5.41) is 3.43. The maximum absolute atomic E-state index is 3.43. The van der Waals surface area contributed by atoms with Crippen LogP contribution in [0.15, 0.2) is 18.5 Å². The van der Waals surface area contributed by atoms with Crippen molar-refractivity contribution in [2.24, 2.45) is 7.05 Å². The number of nitrogens with zero attached hydrogens (tertiary/aromatic N) is 2. The normalized spacial score (nSPS) is 11.1. The van der Waals surface area contributed by atoms with Crippen LogP contribution in [0.25, 0.3) is 0 Å². The van der Waals surface area contributed by atoms with Gasteiger partial charge in [0, 0.05) is 39.1 Å². The van der Waals surface area contributed by atoms with Crippen LogP contribution in [0.5, 0.6) is 0 Å². The first-order valence-electron chi connectivity index (χ1n) is 5.22. The van der Waals surface area contributed by atoms with Gasteiger partial charge in [0.1, 0.15) is 0 Å². The highest BCUT2D eigenvalue weighted by Gasteiger charge is 1.95. The molecule has 0 radical (unpaired) electrons. The molecule has 1 heterocycles. The Kier molecular flexibility index (Phi) is 4.70. The van der Waals surface area contributed by atoms with Crippen molar-refractivity contribution in [3.8, 4) is 0 Å². The monoisotopic (exact) mass is 195 g/mol. The molecule has 0 spiro atoms. The van der Waals surface area contributed by atoms with Gasteiger partial charge in [0.05, 0.1) is 0 Å². The highest BCUT2D eigenvalue weighted by molar-refractivity contribution is 5.09. The van der Waals surface area contributed by atoms with Gasteiger partial charge in [0.25, 0.3) is 0 Å². The quantitative estimate of drug-likeness (QED) is 0.685. The zero-order valence-electron chi connectivity index (χ0n) is 9.45. The molecule has 1 aromatic rings. The Hall–Kier alpha value is -0.800. The molecule has 0 unspecified atom stereocenters. The van der Waals surface area contributed by atoms with E-state index < -0.39 is 0 Å². The maximum atomic E-state index is 3.43. The molecule has 0 amide bonds. The minimum Gasteiger partial charge on any atom is -0.357 e. The zero-order chi connectivity index (χ0) is 10.4. The fourth-order valence-electron chi connectivity index (χ4n) is 1.33. The minimum atomic E-state index is 0.971. The lowest BCUT2D eigenvalue weighted by molar-refractivity contribution is 0.349. The van der Waals surface area contributed by atoms with Crippen LogP contribution in [-0.4, -0.2) is 36.1 Å². The smallest absolute Gasteiger partial charge is 0.0221 e. The summed E-state index contributed by atoms with van der Waals surface area (Å²) in [7, 11) is 4.19. The van der Waals surface area contributed by atoms with E-state index in [1.54, 1.807) is 0 Å². The lowest BCUT2D eigenvalue weighted by Crippen LogP contribution is -2.28. The molecule has 0 aliphatic carbocycles. The van der Waals surface area contributed by atoms with Gasteiger partial charge in [0.15, 0.2) is 0 Å². The molecule has 0 aliphatic heterocycles. The molecule has 3 heteroatoms. The number of hydrogen-bond acceptors (Lipinski definition) is 2. The van der Waals surface area contributed by atoms with Crippen molar-refractivity contribution in [3.63, 3.8) is 0 Å². The topological polar surface area (TPSA) is 20.2 Å². The average molecular weight is 195 g/mol. The number of aryl methyl sites for hydroxylation is 1. The Morgan fingerprint density at radius 2 is 2.29 bits per heavy atom. The van der Waals surface area contributed by atoms with E-state index in [9.17, 15) is 0 Å². The molecular formula is C11H21N3. The first-order valence-corrected chi connectivity index (χ1v) is 5.22. The second-order valence-electron chi connectivity index (χ2n) is 3.76. The van der Waals surface area contributed by atoms with Crippen LogP contribution in [0.2, 0.25) is 0 Å². The summed E-state index contributed by atoms with van der Waals surface area (Å²) in [6, 6.07) is 2.15. The van der Waals surface area contributed by atoms with Gasteiger partial charge in [-0.05, 0) is 25.2 Å². The van der Waals surface area contributed by atoms with Crippen LogP contribution in [0.1, 0.15) is 12.5 Å². The van der Waals surface area contributed by atoms with Crippen LogP contribution < -0.4 is 5.32 Å². The number of rotatable bonds is 6. The third-order valence-electron chi connectivity index (χ3n) is 2.43. The molecule has 0 aromatic carbocycles. The van der Waals surface area contributed by atoms with Gasteiger partial charge in [-0.1, -0.05) is 6.92 Å². The van der Waals surface area contributed by atoms with Gasteiger partial charge in [-0.2, -0.15) is 0 Å². The third-order valence-corrected chi connectivity index (χ3v) is 2.43. The molecule has 0 saturated heterocycles. The molecule has 0 bridgehead atoms. The van der Waals surface area contributed by atoms with Gasteiger partial charge >= 0.3 is 0 Å². The lowest BCUT2D eigenvalue weighted by Gasteiger charge is -2.13. The van der Waals surface area contributed by atoms with Crippen molar-refractivity contribution >= 4 is 0 Å². The summed E-state index contributed by atoms with van der Waals surface area (Å²) >= 11 is 0. The summed E-state index contributed by atoms with van der Waals surface area (Å²) in [5.41, 5.74) is 1.35. The third kappa shape index (κ3) is 3.94. The van der Waals surface area contributed by atoms with Gasteiger partial charge in [0.2, 0.25) is 0 Å². The largest absolute Gasteiger partial charge is 0.357 e. The molecule has 3 nitrogen and oxygen atoms in total. The number of hydrogen-bond donors (Lipinski definition) is 1. The van der Waals surface area contributed by atoms with E-state index in [4.69, 9.17) is 0 Å². The first-order chi connectivity index (χ1) is 6.72. The van der Waals surface area contributed by atoms with E-state index in [0.29, 0.717) is 0 Å². The maximum Gasteiger partial charge on any atom is 0.0221 e. The van der Waals surface area contributed by atoms with Crippen molar-refractivity contribution < 1.29 is 0 Å². The summed E-state index contributed by atoms with van der Waals surface area (Å²) in [5.74, 6) is 0. The highest BCUT2D eigenvalue weighted by Crippen LogP contribution is 1.97. The van der Waals surface area contributed by atoms with Crippen molar-refractivity contribution in [1.29, 1.82) is 0 Å². The van der Waals surface area contributed by atoms with Gasteiger partial charge < -0.3 is 14.8 Å². The summed E-state index contributed by atoms with van der Waals surface area (Å²) in [4.78, 5) is 2.30. The first kappa shape index (κ1) is 11.3. The molecule has 0 fully saturated rings. The molecule has 1 aromatic heterocycles. The predicted molar refractivity (Wildman–Crippen MR) is 60.3 cm³/mol. The highest BCUT2D eigenvalue weighted by atomic mass is 15.1. The SMILES string of the molecule is CCN(C)CCNCc1ccn(C)c1. The van der Waals surface area contributed by atoms with Crippen molar-refractivity contribution in [2.45, 2.75) is 13.5 Å². The Balaban J connectivity index is 2.10. The fourth-order valence-corrected chi connectivity index (χ4v) is 1.33. The van der Waals surface area contributed by atoms with Crippen molar-refractivity contribution in [3.05, 3.63) is 24.0 Å². The molecular weight excluding hydrogens is 174 g/mol. The molecule has 0 atom stereocenters. The lowest BCUT2D eigenvalue weighted by atomic mass is 10.3.